The van der Waals surface area contributed by atoms with Gasteiger partial charge in [0, 0.05) is 19.7 Å². The van der Waals surface area contributed by atoms with Crippen LogP contribution in [0.3, 0.4) is 0 Å². The number of carbonyl (C=O) groups excluding carboxylic acids is 1. The molecule has 6 heteroatoms. The highest BCUT2D eigenvalue weighted by atomic mass is 19.1. The van der Waals surface area contributed by atoms with Gasteiger partial charge in [-0.3, -0.25) is 4.79 Å². The summed E-state index contributed by atoms with van der Waals surface area (Å²) in [6, 6.07) is 2.33. The molecule has 0 aliphatic carbocycles. The van der Waals surface area contributed by atoms with Crippen molar-refractivity contribution in [3.05, 3.63) is 23.5 Å². The molecule has 1 rings (SSSR count). The number of hydrogen-bond acceptors (Lipinski definition) is 3. The lowest BCUT2D eigenvalue weighted by Crippen LogP contribution is -2.21. The van der Waals surface area contributed by atoms with Gasteiger partial charge < -0.3 is 15.4 Å². The molecule has 0 atom stereocenters. The molecule has 20 heavy (non-hydrogen) atoms. The van der Waals surface area contributed by atoms with Crippen molar-refractivity contribution in [3.63, 3.8) is 0 Å². The average Bonchev–Trinajstić information content (AvgIpc) is 2.37. The van der Waals surface area contributed by atoms with Crippen molar-refractivity contribution < 1.29 is 18.3 Å². The molecule has 0 bridgehead atoms. The van der Waals surface area contributed by atoms with Crippen LogP contribution in [0.2, 0.25) is 0 Å². The molecule has 0 aliphatic rings. The summed E-state index contributed by atoms with van der Waals surface area (Å²) in [6.07, 6.45) is 0. The molecule has 4 nitrogen and oxygen atoms in total. The van der Waals surface area contributed by atoms with Crippen molar-refractivity contribution in [1.29, 1.82) is 0 Å². The fourth-order valence-electron chi connectivity index (χ4n) is 1.54. The molecule has 1 aromatic rings. The van der Waals surface area contributed by atoms with Gasteiger partial charge in [-0.2, -0.15) is 0 Å². The number of hydrogen-bond donors (Lipinski definition) is 2. The number of nitrogens with one attached hydrogen (secondary N) is 2. The van der Waals surface area contributed by atoms with Crippen LogP contribution in [0.1, 0.15) is 31.1 Å². The third-order valence-electron chi connectivity index (χ3n) is 2.56. The maximum Gasteiger partial charge on any atom is 0.254 e. The van der Waals surface area contributed by atoms with Crippen LogP contribution in [0.25, 0.3) is 0 Å². The summed E-state index contributed by atoms with van der Waals surface area (Å²) in [4.78, 5) is 11.5. The first-order valence-electron chi connectivity index (χ1n) is 6.26. The number of carbonyl (C=O) groups is 1. The fraction of sp³-hybridized carbons (Fsp3) is 0.500. The van der Waals surface area contributed by atoms with E-state index in [9.17, 15) is 13.6 Å². The summed E-state index contributed by atoms with van der Waals surface area (Å²) in [5.74, 6) is -1.17. The van der Waals surface area contributed by atoms with E-state index >= 15 is 0 Å². The molecule has 1 aromatic carbocycles. The van der Waals surface area contributed by atoms with E-state index in [0.717, 1.165) is 6.07 Å². The van der Waals surface area contributed by atoms with Crippen LogP contribution in [0.4, 0.5) is 14.5 Å². The van der Waals surface area contributed by atoms with Gasteiger partial charge in [0.25, 0.3) is 5.91 Å². The highest BCUT2D eigenvalue weighted by Crippen LogP contribution is 2.29. The van der Waals surface area contributed by atoms with Gasteiger partial charge >= 0.3 is 0 Å². The third-order valence-corrected chi connectivity index (χ3v) is 2.56. The Labute approximate surface area is 117 Å². The molecule has 0 spiro atoms. The lowest BCUT2D eigenvalue weighted by atomic mass is 9.97. The Morgan fingerprint density at radius 1 is 1.35 bits per heavy atom. The molecular weight excluding hydrogens is 266 g/mol. The first-order chi connectivity index (χ1) is 9.28. The van der Waals surface area contributed by atoms with Crippen molar-refractivity contribution in [3.8, 4) is 5.75 Å². The van der Waals surface area contributed by atoms with E-state index in [4.69, 9.17) is 4.74 Å². The van der Waals surface area contributed by atoms with Crippen LogP contribution < -0.4 is 15.4 Å². The molecule has 2 N–H and O–H groups in total. The molecule has 0 heterocycles. The minimum Gasteiger partial charge on any atom is -0.461 e. The smallest absolute Gasteiger partial charge is 0.254 e. The van der Waals surface area contributed by atoms with Crippen LogP contribution in [0, 0.1) is 11.2 Å². The lowest BCUT2D eigenvalue weighted by Gasteiger charge is -2.21. The zero-order chi connectivity index (χ0) is 15.3. The maximum absolute atomic E-state index is 13.9. The zero-order valence-corrected chi connectivity index (χ0v) is 12.1. The highest BCUT2D eigenvalue weighted by Gasteiger charge is 2.17. The first-order valence-corrected chi connectivity index (χ1v) is 6.26. The van der Waals surface area contributed by atoms with Gasteiger partial charge in [-0.25, -0.2) is 8.78 Å². The predicted molar refractivity (Wildman–Crippen MR) is 74.3 cm³/mol. The number of anilines is 1. The van der Waals surface area contributed by atoms with Crippen molar-refractivity contribution in [2.24, 2.45) is 5.41 Å². The first kappa shape index (κ1) is 16.2. The molecule has 0 saturated carbocycles. The molecule has 1 amide bonds. The van der Waals surface area contributed by atoms with Gasteiger partial charge in [0.15, 0.2) is 0 Å². The Bertz CT molecular complexity index is 485. The van der Waals surface area contributed by atoms with E-state index in [1.165, 1.54) is 13.1 Å². The van der Waals surface area contributed by atoms with Crippen LogP contribution in [0.15, 0.2) is 12.1 Å². The van der Waals surface area contributed by atoms with Crippen molar-refractivity contribution in [1.82, 2.24) is 5.32 Å². The molecular formula is C14H20F2N2O2. The summed E-state index contributed by atoms with van der Waals surface area (Å²) in [5, 5.41) is 5.32. The van der Waals surface area contributed by atoms with Crippen molar-refractivity contribution in [2.75, 3.05) is 25.8 Å². The Kier molecular flexibility index (Phi) is 5.30. The number of rotatable bonds is 5. The topological polar surface area (TPSA) is 50.4 Å². The van der Waals surface area contributed by atoms with E-state index in [-0.39, 0.29) is 16.7 Å². The Morgan fingerprint density at radius 2 is 2.00 bits per heavy atom. The molecule has 112 valence electrons. The number of amides is 1. The summed E-state index contributed by atoms with van der Waals surface area (Å²) in [5.41, 5.74) is 0.100. The minimum absolute atomic E-state index is 0.0388. The SMILES string of the molecule is CNC(=O)c1cc(OCF)c(NCC(C)(C)C)cc1F. The quantitative estimate of drug-likeness (QED) is 0.875. The third kappa shape index (κ3) is 4.36. The average molecular weight is 286 g/mol. The summed E-state index contributed by atoms with van der Waals surface area (Å²) < 4.78 is 31.1. The molecule has 0 radical (unpaired) electrons. The molecule has 0 saturated heterocycles. The van der Waals surface area contributed by atoms with Gasteiger partial charge in [-0.1, -0.05) is 20.8 Å². The van der Waals surface area contributed by atoms with Crippen LogP contribution in [-0.4, -0.2) is 26.4 Å². The van der Waals surface area contributed by atoms with E-state index in [0.29, 0.717) is 12.2 Å². The van der Waals surface area contributed by atoms with Gasteiger partial charge in [-0.05, 0) is 11.5 Å². The number of benzene rings is 1. The Balaban J connectivity index is 3.10. The van der Waals surface area contributed by atoms with Gasteiger partial charge in [-0.15, -0.1) is 0 Å². The summed E-state index contributed by atoms with van der Waals surface area (Å²) in [7, 11) is 1.39. The second-order valence-electron chi connectivity index (χ2n) is 5.57. The lowest BCUT2D eigenvalue weighted by molar-refractivity contribution is 0.0958. The Hall–Kier alpha value is -1.85. The summed E-state index contributed by atoms with van der Waals surface area (Å²) in [6.45, 7) is 5.51. The van der Waals surface area contributed by atoms with E-state index in [2.05, 4.69) is 10.6 Å². The molecule has 0 unspecified atom stereocenters. The summed E-state index contributed by atoms with van der Waals surface area (Å²) >= 11 is 0. The van der Waals surface area contributed by atoms with E-state index in [1.807, 2.05) is 20.8 Å². The van der Waals surface area contributed by atoms with Gasteiger partial charge in [0.2, 0.25) is 6.86 Å². The second kappa shape index (κ2) is 6.54. The molecule has 0 fully saturated rings. The predicted octanol–water partition coefficient (Wildman–Crippen LogP) is 2.95. The normalized spacial score (nSPS) is 11.1. The molecule has 0 aromatic heterocycles. The van der Waals surface area contributed by atoms with Gasteiger partial charge in [0.1, 0.15) is 11.6 Å². The Morgan fingerprint density at radius 3 is 2.50 bits per heavy atom. The molecule has 0 aliphatic heterocycles. The highest BCUT2D eigenvalue weighted by molar-refractivity contribution is 5.95. The van der Waals surface area contributed by atoms with Crippen LogP contribution in [-0.2, 0) is 0 Å². The second-order valence-corrected chi connectivity index (χ2v) is 5.57. The van der Waals surface area contributed by atoms with Crippen molar-refractivity contribution >= 4 is 11.6 Å². The number of halogens is 2. The van der Waals surface area contributed by atoms with Crippen LogP contribution in [0.5, 0.6) is 5.75 Å². The van der Waals surface area contributed by atoms with E-state index < -0.39 is 18.6 Å². The fourth-order valence-corrected chi connectivity index (χ4v) is 1.54. The maximum atomic E-state index is 13.9. The van der Waals surface area contributed by atoms with Crippen LogP contribution >= 0.6 is 0 Å². The number of alkyl halides is 1. The number of ether oxygens (including phenoxy) is 1. The largest absolute Gasteiger partial charge is 0.461 e. The monoisotopic (exact) mass is 286 g/mol. The minimum atomic E-state index is -1.05. The van der Waals surface area contributed by atoms with Gasteiger partial charge in [0.05, 0.1) is 11.3 Å². The van der Waals surface area contributed by atoms with Crippen molar-refractivity contribution in [2.45, 2.75) is 20.8 Å². The zero-order valence-electron chi connectivity index (χ0n) is 12.1. The van der Waals surface area contributed by atoms with E-state index in [1.54, 1.807) is 0 Å². The standard InChI is InChI=1S/C14H20F2N2O2/c1-14(2,3)7-18-11-6-10(16)9(13(19)17-4)5-12(11)20-8-15/h5-6,18H,7-8H2,1-4H3,(H,17,19).